The Labute approximate surface area is 122 Å². The zero-order chi connectivity index (χ0) is 14.9. The molecule has 0 aliphatic rings. The maximum atomic E-state index is 3.66. The van der Waals surface area contributed by atoms with Crippen LogP contribution in [0.4, 0.5) is 0 Å². The fourth-order valence-corrected chi connectivity index (χ4v) is 2.55. The Bertz CT molecular complexity index is 209. The van der Waals surface area contributed by atoms with E-state index in [4.69, 9.17) is 0 Å². The van der Waals surface area contributed by atoms with Crippen molar-refractivity contribution in [3.8, 4) is 0 Å². The van der Waals surface area contributed by atoms with Gasteiger partial charge in [-0.15, -0.1) is 0 Å². The Hall–Kier alpha value is -0.0800. The largest absolute Gasteiger partial charge is 0.314 e. The molecule has 0 radical (unpaired) electrons. The van der Waals surface area contributed by atoms with Gasteiger partial charge in [-0.05, 0) is 30.7 Å². The topological polar surface area (TPSA) is 15.3 Å². The molecule has 19 heavy (non-hydrogen) atoms. The van der Waals surface area contributed by atoms with E-state index in [0.29, 0.717) is 11.5 Å². The number of nitrogens with one attached hydrogen (secondary N) is 1. The molecule has 0 heterocycles. The Morgan fingerprint density at radius 2 is 1.58 bits per heavy atom. The molecule has 2 nitrogen and oxygen atoms in total. The molecule has 0 aliphatic carbocycles. The summed E-state index contributed by atoms with van der Waals surface area (Å²) in [5.41, 5.74) is 0.438. The van der Waals surface area contributed by atoms with E-state index < -0.39 is 0 Å². The van der Waals surface area contributed by atoms with E-state index in [-0.39, 0.29) is 0 Å². The highest BCUT2D eigenvalue weighted by Crippen LogP contribution is 2.27. The quantitative estimate of drug-likeness (QED) is 0.606. The van der Waals surface area contributed by atoms with Crippen LogP contribution in [0.5, 0.6) is 0 Å². The lowest BCUT2D eigenvalue weighted by Gasteiger charge is -2.38. The number of hydrogen-bond acceptors (Lipinski definition) is 2. The van der Waals surface area contributed by atoms with Crippen molar-refractivity contribution in [2.45, 2.75) is 73.8 Å². The van der Waals surface area contributed by atoms with Crippen molar-refractivity contribution in [3.63, 3.8) is 0 Å². The van der Waals surface area contributed by atoms with Crippen molar-refractivity contribution in [2.24, 2.45) is 11.3 Å². The third kappa shape index (κ3) is 7.31. The summed E-state index contributed by atoms with van der Waals surface area (Å²) in [6, 6.07) is 0.585. The van der Waals surface area contributed by atoms with E-state index in [1.807, 2.05) is 0 Å². The third-order valence-corrected chi connectivity index (χ3v) is 4.66. The molecule has 0 aromatic carbocycles. The molecule has 0 amide bonds. The van der Waals surface area contributed by atoms with E-state index in [1.54, 1.807) is 0 Å². The van der Waals surface area contributed by atoms with Crippen molar-refractivity contribution >= 4 is 0 Å². The minimum atomic E-state index is 0.438. The fraction of sp³-hybridized carbons (Fsp3) is 1.00. The Kier molecular flexibility index (Phi) is 9.72. The highest BCUT2D eigenvalue weighted by Gasteiger charge is 2.28. The molecule has 0 aliphatic heterocycles. The monoisotopic (exact) mass is 270 g/mol. The summed E-state index contributed by atoms with van der Waals surface area (Å²) < 4.78 is 0. The van der Waals surface area contributed by atoms with Crippen molar-refractivity contribution in [2.75, 3.05) is 26.2 Å². The van der Waals surface area contributed by atoms with Crippen LogP contribution in [0.3, 0.4) is 0 Å². The predicted octanol–water partition coefficient (Wildman–Crippen LogP) is 4.16. The first-order valence-electron chi connectivity index (χ1n) is 8.38. The van der Waals surface area contributed by atoms with Gasteiger partial charge in [-0.1, -0.05) is 54.9 Å². The average molecular weight is 271 g/mol. The van der Waals surface area contributed by atoms with Crippen LogP contribution in [0.1, 0.15) is 67.7 Å². The van der Waals surface area contributed by atoms with Crippen LogP contribution >= 0.6 is 0 Å². The molecule has 1 N–H and O–H groups in total. The Morgan fingerprint density at radius 3 is 1.95 bits per heavy atom. The molecule has 0 spiro atoms. The molecule has 0 saturated heterocycles. The van der Waals surface area contributed by atoms with Gasteiger partial charge in [-0.3, -0.25) is 0 Å². The number of nitrogens with zero attached hydrogens (tertiary/aromatic N) is 1. The van der Waals surface area contributed by atoms with Crippen LogP contribution in [0.2, 0.25) is 0 Å². The van der Waals surface area contributed by atoms with Crippen LogP contribution in [-0.4, -0.2) is 37.1 Å². The number of hydrogen-bond donors (Lipinski definition) is 1. The van der Waals surface area contributed by atoms with Gasteiger partial charge in [0.15, 0.2) is 0 Å². The van der Waals surface area contributed by atoms with Crippen LogP contribution < -0.4 is 5.32 Å². The summed E-state index contributed by atoms with van der Waals surface area (Å²) in [5, 5.41) is 3.66. The molecule has 0 fully saturated rings. The molecule has 0 aromatic rings. The molecule has 0 rings (SSSR count). The second kappa shape index (κ2) is 9.77. The highest BCUT2D eigenvalue weighted by atomic mass is 15.1. The zero-order valence-corrected chi connectivity index (χ0v) is 14.6. The average Bonchev–Trinajstić information content (AvgIpc) is 2.42. The zero-order valence-electron chi connectivity index (χ0n) is 14.6. The van der Waals surface area contributed by atoms with Crippen molar-refractivity contribution in [3.05, 3.63) is 0 Å². The van der Waals surface area contributed by atoms with E-state index in [1.165, 1.54) is 38.9 Å². The normalized spacial score (nSPS) is 14.4. The van der Waals surface area contributed by atoms with E-state index in [0.717, 1.165) is 12.5 Å². The van der Waals surface area contributed by atoms with Crippen LogP contribution in [-0.2, 0) is 0 Å². The summed E-state index contributed by atoms with van der Waals surface area (Å²) in [6.07, 6.45) is 3.81. The van der Waals surface area contributed by atoms with Crippen molar-refractivity contribution in [1.82, 2.24) is 10.2 Å². The minimum absolute atomic E-state index is 0.438. The first-order valence-corrected chi connectivity index (χ1v) is 8.38. The standard InChI is InChI=1S/C17H38N2/c1-8-16(7)12-19(11-4)14-17(9-2,10-3)13-18-15(5)6/h15-16,18H,8-14H2,1-7H3. The highest BCUT2D eigenvalue weighted by molar-refractivity contribution is 4.83. The van der Waals surface area contributed by atoms with E-state index in [2.05, 4.69) is 58.7 Å². The molecule has 1 atom stereocenters. The van der Waals surface area contributed by atoms with Crippen LogP contribution in [0, 0.1) is 11.3 Å². The van der Waals surface area contributed by atoms with Gasteiger partial charge < -0.3 is 10.2 Å². The summed E-state index contributed by atoms with van der Waals surface area (Å²) in [7, 11) is 0. The maximum absolute atomic E-state index is 3.66. The smallest absolute Gasteiger partial charge is 0.00499 e. The maximum Gasteiger partial charge on any atom is 0.00499 e. The lowest BCUT2D eigenvalue weighted by molar-refractivity contribution is 0.123. The summed E-state index contributed by atoms with van der Waals surface area (Å²) in [4.78, 5) is 2.66. The van der Waals surface area contributed by atoms with Gasteiger partial charge in [0.25, 0.3) is 0 Å². The molecule has 0 saturated carbocycles. The minimum Gasteiger partial charge on any atom is -0.314 e. The molecule has 0 aromatic heterocycles. The molecular formula is C17H38N2. The summed E-state index contributed by atoms with van der Waals surface area (Å²) >= 11 is 0. The van der Waals surface area contributed by atoms with Gasteiger partial charge in [-0.25, -0.2) is 0 Å². The predicted molar refractivity (Wildman–Crippen MR) is 87.7 cm³/mol. The van der Waals surface area contributed by atoms with Crippen molar-refractivity contribution in [1.29, 1.82) is 0 Å². The second-order valence-electron chi connectivity index (χ2n) is 6.58. The molecule has 1 unspecified atom stereocenters. The van der Waals surface area contributed by atoms with Crippen molar-refractivity contribution < 1.29 is 0 Å². The first kappa shape index (κ1) is 18.9. The molecule has 0 bridgehead atoms. The van der Waals surface area contributed by atoms with Gasteiger partial charge in [0.1, 0.15) is 0 Å². The molecular weight excluding hydrogens is 232 g/mol. The molecule has 2 heteroatoms. The first-order chi connectivity index (χ1) is 8.92. The third-order valence-electron chi connectivity index (χ3n) is 4.66. The molecule has 116 valence electrons. The summed E-state index contributed by atoms with van der Waals surface area (Å²) in [6.45, 7) is 21.0. The van der Waals surface area contributed by atoms with Crippen LogP contribution in [0.15, 0.2) is 0 Å². The lowest BCUT2D eigenvalue weighted by Crippen LogP contribution is -2.46. The Balaban J connectivity index is 4.58. The van der Waals surface area contributed by atoms with Crippen LogP contribution in [0.25, 0.3) is 0 Å². The number of rotatable bonds is 11. The lowest BCUT2D eigenvalue weighted by atomic mass is 9.81. The van der Waals surface area contributed by atoms with Gasteiger partial charge in [0.05, 0.1) is 0 Å². The van der Waals surface area contributed by atoms with Gasteiger partial charge in [0, 0.05) is 25.7 Å². The SMILES string of the molecule is CCC(C)CN(CC)CC(CC)(CC)CNC(C)C. The van der Waals surface area contributed by atoms with Gasteiger partial charge in [0.2, 0.25) is 0 Å². The summed E-state index contributed by atoms with van der Waals surface area (Å²) in [5.74, 6) is 0.810. The Morgan fingerprint density at radius 1 is 1.00 bits per heavy atom. The fourth-order valence-electron chi connectivity index (χ4n) is 2.55. The van der Waals surface area contributed by atoms with E-state index in [9.17, 15) is 0 Å². The van der Waals surface area contributed by atoms with E-state index >= 15 is 0 Å². The van der Waals surface area contributed by atoms with Gasteiger partial charge >= 0.3 is 0 Å². The van der Waals surface area contributed by atoms with Gasteiger partial charge in [-0.2, -0.15) is 0 Å². The second-order valence-corrected chi connectivity index (χ2v) is 6.58.